The van der Waals surface area contributed by atoms with Gasteiger partial charge in [0, 0.05) is 6.42 Å². The molecule has 0 aromatic heterocycles. The molecule has 1 amide bonds. The summed E-state index contributed by atoms with van der Waals surface area (Å²) in [7, 11) is 0. The van der Waals surface area contributed by atoms with Crippen LogP contribution >= 0.6 is 0 Å². The summed E-state index contributed by atoms with van der Waals surface area (Å²) in [6.07, 6.45) is -0.0954. The summed E-state index contributed by atoms with van der Waals surface area (Å²) in [5, 5.41) is 2.37. The maximum Gasteiger partial charge on any atom is 0.387 e. The molecule has 0 bridgehead atoms. The molecule has 3 aromatic rings. The molecule has 0 fully saturated rings. The van der Waals surface area contributed by atoms with Crippen LogP contribution in [0.1, 0.15) is 37.9 Å². The molecule has 7 nitrogen and oxygen atoms in total. The predicted molar refractivity (Wildman–Crippen MR) is 117 cm³/mol. The predicted octanol–water partition coefficient (Wildman–Crippen LogP) is 4.54. The third kappa shape index (κ3) is 5.37. The van der Waals surface area contributed by atoms with E-state index in [1.54, 1.807) is 0 Å². The van der Waals surface area contributed by atoms with Crippen molar-refractivity contribution < 1.29 is 37.4 Å². The number of ether oxygens (including phenoxy) is 3. The number of rotatable bonds is 7. The number of cyclic esters (lactones) is 1. The zero-order valence-electron chi connectivity index (χ0n) is 17.7. The highest BCUT2D eigenvalue weighted by molar-refractivity contribution is 5.98. The Bertz CT molecular complexity index is 1220. The van der Waals surface area contributed by atoms with E-state index in [0.29, 0.717) is 17.5 Å². The van der Waals surface area contributed by atoms with Crippen LogP contribution in [0.4, 0.5) is 14.5 Å². The molecule has 0 radical (unpaired) electrons. The van der Waals surface area contributed by atoms with Crippen LogP contribution in [0.5, 0.6) is 5.75 Å². The number of carbonyl (C=O) groups is 3. The lowest BCUT2D eigenvalue weighted by atomic mass is 9.93. The van der Waals surface area contributed by atoms with E-state index in [2.05, 4.69) is 10.1 Å². The van der Waals surface area contributed by atoms with Crippen LogP contribution in [0.25, 0.3) is 0 Å². The lowest BCUT2D eigenvalue weighted by Crippen LogP contribution is -2.23. The van der Waals surface area contributed by atoms with Gasteiger partial charge in [-0.15, -0.1) is 0 Å². The molecule has 1 heterocycles. The topological polar surface area (TPSA) is 90.9 Å². The molecule has 0 spiro atoms. The van der Waals surface area contributed by atoms with Gasteiger partial charge in [0.2, 0.25) is 0 Å². The fraction of sp³-hybridized carbons (Fsp3) is 0.160. The maximum atomic E-state index is 12.5. The summed E-state index contributed by atoms with van der Waals surface area (Å²) in [4.78, 5) is 37.0. The zero-order chi connectivity index (χ0) is 24.1. The highest BCUT2D eigenvalue weighted by Crippen LogP contribution is 2.31. The lowest BCUT2D eigenvalue weighted by Gasteiger charge is -2.25. The lowest BCUT2D eigenvalue weighted by molar-refractivity contribution is -0.119. The summed E-state index contributed by atoms with van der Waals surface area (Å²) in [6, 6.07) is 19.3. The van der Waals surface area contributed by atoms with Gasteiger partial charge in [0.25, 0.3) is 5.91 Å². The minimum Gasteiger partial charge on any atom is -0.454 e. The van der Waals surface area contributed by atoms with Crippen LogP contribution in [-0.2, 0) is 20.7 Å². The van der Waals surface area contributed by atoms with Crippen LogP contribution in [0, 0.1) is 0 Å². The van der Waals surface area contributed by atoms with Crippen molar-refractivity contribution in [3.05, 3.63) is 95.1 Å². The number of hydrogen-bond donors (Lipinski definition) is 1. The van der Waals surface area contributed by atoms with E-state index in [1.807, 2.05) is 30.3 Å². The number of carbonyl (C=O) groups excluding carboxylic acids is 3. The molecule has 1 aliphatic rings. The van der Waals surface area contributed by atoms with Gasteiger partial charge < -0.3 is 19.5 Å². The Morgan fingerprint density at radius 1 is 1.03 bits per heavy atom. The molecule has 0 aliphatic carbocycles. The second-order valence-electron chi connectivity index (χ2n) is 7.38. The molecule has 1 aliphatic heterocycles. The molecule has 174 valence electrons. The fourth-order valence-electron chi connectivity index (χ4n) is 3.55. The number of esters is 2. The molecular formula is C25H19F2NO6. The van der Waals surface area contributed by atoms with Crippen LogP contribution in [0.2, 0.25) is 0 Å². The van der Waals surface area contributed by atoms with Crippen molar-refractivity contribution in [3.8, 4) is 5.75 Å². The second-order valence-corrected chi connectivity index (χ2v) is 7.38. The summed E-state index contributed by atoms with van der Waals surface area (Å²) in [5.41, 5.74) is 2.00. The maximum absolute atomic E-state index is 12.5. The number of halogens is 2. The number of benzene rings is 3. The average molecular weight is 467 g/mol. The van der Waals surface area contributed by atoms with Crippen molar-refractivity contribution in [2.45, 2.75) is 19.1 Å². The van der Waals surface area contributed by atoms with E-state index < -0.39 is 37.2 Å². The number of alkyl halides is 2. The van der Waals surface area contributed by atoms with Crippen LogP contribution in [-0.4, -0.2) is 31.1 Å². The van der Waals surface area contributed by atoms with Gasteiger partial charge in [0.15, 0.2) is 6.61 Å². The SMILES string of the molecule is O=C(COC(=O)c1ccc2c(c1)CC(c1ccccc1)OC2=O)Nc1ccccc1OC(F)F. The second kappa shape index (κ2) is 10.1. The molecule has 1 unspecified atom stereocenters. The van der Waals surface area contributed by atoms with Gasteiger partial charge in [0.05, 0.1) is 16.8 Å². The van der Waals surface area contributed by atoms with Gasteiger partial charge in [-0.3, -0.25) is 4.79 Å². The monoisotopic (exact) mass is 467 g/mol. The Hall–Kier alpha value is -4.27. The largest absolute Gasteiger partial charge is 0.454 e. The van der Waals surface area contributed by atoms with E-state index in [9.17, 15) is 23.2 Å². The van der Waals surface area contributed by atoms with Crippen molar-refractivity contribution in [1.29, 1.82) is 0 Å². The first-order valence-corrected chi connectivity index (χ1v) is 10.3. The first kappa shape index (κ1) is 22.9. The Balaban J connectivity index is 1.40. The summed E-state index contributed by atoms with van der Waals surface area (Å²) in [6.45, 7) is -3.70. The normalized spacial score (nSPS) is 14.7. The minimum absolute atomic E-state index is 0.0168. The quantitative estimate of drug-likeness (QED) is 0.513. The van der Waals surface area contributed by atoms with Crippen molar-refractivity contribution in [1.82, 2.24) is 0 Å². The first-order chi connectivity index (χ1) is 16.4. The smallest absolute Gasteiger partial charge is 0.387 e. The van der Waals surface area contributed by atoms with Gasteiger partial charge in [-0.1, -0.05) is 42.5 Å². The van der Waals surface area contributed by atoms with E-state index in [1.165, 1.54) is 42.5 Å². The van der Waals surface area contributed by atoms with Gasteiger partial charge in [-0.05, 0) is 41.5 Å². The van der Waals surface area contributed by atoms with E-state index >= 15 is 0 Å². The Morgan fingerprint density at radius 2 is 1.76 bits per heavy atom. The van der Waals surface area contributed by atoms with Crippen LogP contribution in [0.3, 0.4) is 0 Å². The van der Waals surface area contributed by atoms with Gasteiger partial charge in [0.1, 0.15) is 11.9 Å². The number of para-hydroxylation sites is 2. The molecule has 1 atom stereocenters. The Kier molecular flexibility index (Phi) is 6.82. The van der Waals surface area contributed by atoms with Gasteiger partial charge in [-0.25, -0.2) is 9.59 Å². The number of hydrogen-bond acceptors (Lipinski definition) is 6. The highest BCUT2D eigenvalue weighted by atomic mass is 19.3. The molecule has 4 rings (SSSR count). The highest BCUT2D eigenvalue weighted by Gasteiger charge is 2.28. The van der Waals surface area contributed by atoms with Gasteiger partial charge >= 0.3 is 18.6 Å². The van der Waals surface area contributed by atoms with Crippen molar-refractivity contribution in [2.24, 2.45) is 0 Å². The first-order valence-electron chi connectivity index (χ1n) is 10.3. The van der Waals surface area contributed by atoms with Crippen LogP contribution < -0.4 is 10.1 Å². The number of nitrogens with one attached hydrogen (secondary N) is 1. The third-order valence-electron chi connectivity index (χ3n) is 5.10. The molecule has 9 heteroatoms. The number of amides is 1. The van der Waals surface area contributed by atoms with Gasteiger partial charge in [-0.2, -0.15) is 8.78 Å². The molecular weight excluding hydrogens is 448 g/mol. The van der Waals surface area contributed by atoms with E-state index in [0.717, 1.165) is 5.56 Å². The Morgan fingerprint density at radius 3 is 2.53 bits per heavy atom. The number of fused-ring (bicyclic) bond motifs is 1. The third-order valence-corrected chi connectivity index (χ3v) is 5.10. The van der Waals surface area contributed by atoms with E-state index in [-0.39, 0.29) is 17.0 Å². The zero-order valence-corrected chi connectivity index (χ0v) is 17.7. The summed E-state index contributed by atoms with van der Waals surface area (Å²) >= 11 is 0. The van der Waals surface area contributed by atoms with Crippen molar-refractivity contribution in [2.75, 3.05) is 11.9 Å². The molecule has 3 aromatic carbocycles. The molecule has 34 heavy (non-hydrogen) atoms. The van der Waals surface area contributed by atoms with Crippen molar-refractivity contribution >= 4 is 23.5 Å². The van der Waals surface area contributed by atoms with E-state index in [4.69, 9.17) is 9.47 Å². The standard InChI is InChI=1S/C25H19F2NO6/c26-25(27)34-20-9-5-4-8-19(20)28-22(29)14-32-23(30)16-10-11-18-17(12-16)13-21(33-24(18)31)15-6-2-1-3-7-15/h1-12,21,25H,13-14H2,(H,28,29). The minimum atomic E-state index is -3.06. The summed E-state index contributed by atoms with van der Waals surface area (Å²) in [5.74, 6) is -2.21. The molecule has 0 saturated carbocycles. The molecule has 0 saturated heterocycles. The summed E-state index contributed by atoms with van der Waals surface area (Å²) < 4.78 is 39.9. The fourth-order valence-corrected chi connectivity index (χ4v) is 3.55. The number of anilines is 1. The average Bonchev–Trinajstić information content (AvgIpc) is 2.83. The molecule has 1 N–H and O–H groups in total. The van der Waals surface area contributed by atoms with Crippen LogP contribution in [0.15, 0.2) is 72.8 Å². The Labute approximate surface area is 193 Å². The van der Waals surface area contributed by atoms with Crippen molar-refractivity contribution in [3.63, 3.8) is 0 Å².